The molecule has 3 heteroatoms. The molecule has 0 radical (unpaired) electrons. The largest absolute Gasteiger partial charge is 0.378 e. The summed E-state index contributed by atoms with van der Waals surface area (Å²) in [4.78, 5) is 12.7. The molecule has 0 aromatic heterocycles. The molecule has 3 nitrogen and oxygen atoms in total. The summed E-state index contributed by atoms with van der Waals surface area (Å²) in [6.07, 6.45) is 3.57. The zero-order valence-corrected chi connectivity index (χ0v) is 10.1. The summed E-state index contributed by atoms with van der Waals surface area (Å²) < 4.78 is 5.51. The van der Waals surface area contributed by atoms with E-state index < -0.39 is 0 Å². The molecule has 0 aliphatic carbocycles. The molecule has 0 aromatic carbocycles. The molecule has 1 fully saturated rings. The van der Waals surface area contributed by atoms with Crippen molar-refractivity contribution in [3.05, 3.63) is 0 Å². The first-order valence-electron chi connectivity index (χ1n) is 5.94. The number of nitrogens with zero attached hydrogens (tertiary/aromatic N) is 1. The molecule has 0 spiro atoms. The van der Waals surface area contributed by atoms with Gasteiger partial charge in [-0.05, 0) is 31.6 Å². The van der Waals surface area contributed by atoms with Crippen molar-refractivity contribution in [1.82, 2.24) is 4.90 Å². The van der Waals surface area contributed by atoms with Crippen LogP contribution in [0.25, 0.3) is 0 Å². The van der Waals surface area contributed by atoms with Gasteiger partial charge in [-0.2, -0.15) is 0 Å². The van der Waals surface area contributed by atoms with Crippen LogP contribution in [0.4, 0.5) is 0 Å². The van der Waals surface area contributed by atoms with Gasteiger partial charge in [0.1, 0.15) is 0 Å². The summed E-state index contributed by atoms with van der Waals surface area (Å²) >= 11 is 0. The van der Waals surface area contributed by atoms with Crippen LogP contribution in [0.3, 0.4) is 0 Å². The quantitative estimate of drug-likeness (QED) is 0.631. The Labute approximate surface area is 92.8 Å². The Bertz CT molecular complexity index is 194. The van der Waals surface area contributed by atoms with Crippen molar-refractivity contribution in [2.75, 3.05) is 19.7 Å². The topological polar surface area (TPSA) is 29.5 Å². The zero-order valence-electron chi connectivity index (χ0n) is 10.1. The number of hydrogen-bond acceptors (Lipinski definition) is 2. The van der Waals surface area contributed by atoms with Gasteiger partial charge < -0.3 is 9.64 Å². The first kappa shape index (κ1) is 12.5. The Kier molecular flexibility index (Phi) is 5.09. The van der Waals surface area contributed by atoms with Crippen molar-refractivity contribution in [3.63, 3.8) is 0 Å². The van der Waals surface area contributed by atoms with Gasteiger partial charge in [-0.3, -0.25) is 4.79 Å². The van der Waals surface area contributed by atoms with Crippen LogP contribution in [0.1, 0.15) is 33.6 Å². The highest BCUT2D eigenvalue weighted by molar-refractivity contribution is 5.46. The lowest BCUT2D eigenvalue weighted by Crippen LogP contribution is -2.29. The summed E-state index contributed by atoms with van der Waals surface area (Å²) in [5.41, 5.74) is 0. The lowest BCUT2D eigenvalue weighted by Gasteiger charge is -2.22. The second kappa shape index (κ2) is 6.11. The molecule has 1 saturated heterocycles. The predicted octanol–water partition coefficient (Wildman–Crippen LogP) is 1.92. The number of hydrogen-bond donors (Lipinski definition) is 0. The van der Waals surface area contributed by atoms with E-state index in [0.29, 0.717) is 17.9 Å². The van der Waals surface area contributed by atoms with E-state index in [9.17, 15) is 4.79 Å². The van der Waals surface area contributed by atoms with E-state index in [2.05, 4.69) is 20.8 Å². The van der Waals surface area contributed by atoms with E-state index >= 15 is 0 Å². The maximum atomic E-state index is 10.8. The zero-order chi connectivity index (χ0) is 11.3. The molecule has 0 N–H and O–H groups in total. The van der Waals surface area contributed by atoms with E-state index in [4.69, 9.17) is 4.74 Å². The minimum Gasteiger partial charge on any atom is -0.378 e. The second-order valence-corrected chi connectivity index (χ2v) is 4.91. The summed E-state index contributed by atoms with van der Waals surface area (Å²) in [7, 11) is 0. The van der Waals surface area contributed by atoms with Crippen LogP contribution < -0.4 is 0 Å². The van der Waals surface area contributed by atoms with E-state index in [-0.39, 0.29) is 0 Å². The highest BCUT2D eigenvalue weighted by Crippen LogP contribution is 2.23. The Morgan fingerprint density at radius 2 is 2.27 bits per heavy atom. The van der Waals surface area contributed by atoms with Crippen molar-refractivity contribution in [2.45, 2.75) is 39.7 Å². The molecule has 1 aliphatic rings. The van der Waals surface area contributed by atoms with Crippen LogP contribution in [-0.4, -0.2) is 37.1 Å². The van der Waals surface area contributed by atoms with Gasteiger partial charge in [0.15, 0.2) is 0 Å². The normalized spacial score (nSPS) is 25.9. The summed E-state index contributed by atoms with van der Waals surface area (Å²) in [6, 6.07) is 0. The van der Waals surface area contributed by atoms with Crippen molar-refractivity contribution in [1.29, 1.82) is 0 Å². The van der Waals surface area contributed by atoms with Gasteiger partial charge in [-0.25, -0.2) is 0 Å². The first-order valence-corrected chi connectivity index (χ1v) is 5.94. The molecule has 0 saturated carbocycles. The molecule has 88 valence electrons. The highest BCUT2D eigenvalue weighted by Gasteiger charge is 2.24. The average Bonchev–Trinajstić information content (AvgIpc) is 2.58. The number of rotatable bonds is 6. The molecule has 15 heavy (non-hydrogen) atoms. The number of carbonyl (C=O) groups excluding carboxylic acids is 1. The van der Waals surface area contributed by atoms with Gasteiger partial charge in [0, 0.05) is 19.7 Å². The van der Waals surface area contributed by atoms with Crippen LogP contribution in [-0.2, 0) is 9.53 Å². The van der Waals surface area contributed by atoms with E-state index in [1.165, 1.54) is 0 Å². The molecule has 1 amide bonds. The lowest BCUT2D eigenvalue weighted by atomic mass is 9.98. The van der Waals surface area contributed by atoms with Gasteiger partial charge in [0.05, 0.1) is 6.10 Å². The lowest BCUT2D eigenvalue weighted by molar-refractivity contribution is -0.118. The monoisotopic (exact) mass is 213 g/mol. The fourth-order valence-corrected chi connectivity index (χ4v) is 2.14. The van der Waals surface area contributed by atoms with Gasteiger partial charge >= 0.3 is 0 Å². The molecule has 1 heterocycles. The summed E-state index contributed by atoms with van der Waals surface area (Å²) in [5, 5.41) is 0. The third-order valence-electron chi connectivity index (χ3n) is 3.07. The van der Waals surface area contributed by atoms with Gasteiger partial charge in [0.25, 0.3) is 0 Å². The first-order chi connectivity index (χ1) is 7.13. The van der Waals surface area contributed by atoms with E-state index in [1.54, 1.807) is 0 Å². The maximum Gasteiger partial charge on any atom is 0.209 e. The Balaban J connectivity index is 2.24. The van der Waals surface area contributed by atoms with Crippen LogP contribution in [0.5, 0.6) is 0 Å². The third kappa shape index (κ3) is 4.20. The maximum absolute atomic E-state index is 10.8. The van der Waals surface area contributed by atoms with E-state index in [1.807, 2.05) is 4.90 Å². The van der Waals surface area contributed by atoms with Crippen LogP contribution in [0.2, 0.25) is 0 Å². The van der Waals surface area contributed by atoms with Crippen molar-refractivity contribution < 1.29 is 9.53 Å². The predicted molar refractivity (Wildman–Crippen MR) is 60.6 cm³/mol. The number of amides is 1. The Morgan fingerprint density at radius 1 is 1.53 bits per heavy atom. The van der Waals surface area contributed by atoms with Gasteiger partial charge in [-0.15, -0.1) is 0 Å². The Hall–Kier alpha value is -0.570. The molecule has 1 aliphatic heterocycles. The fraction of sp³-hybridized carbons (Fsp3) is 0.917. The van der Waals surface area contributed by atoms with Crippen molar-refractivity contribution >= 4 is 6.41 Å². The molecule has 0 aromatic rings. The summed E-state index contributed by atoms with van der Waals surface area (Å²) in [6.45, 7) is 9.03. The van der Waals surface area contributed by atoms with Crippen LogP contribution in [0, 0.1) is 11.8 Å². The smallest absolute Gasteiger partial charge is 0.209 e. The number of carbonyl (C=O) groups is 1. The van der Waals surface area contributed by atoms with Crippen LogP contribution >= 0.6 is 0 Å². The molecule has 1 rings (SSSR count). The molecule has 2 unspecified atom stereocenters. The third-order valence-corrected chi connectivity index (χ3v) is 3.07. The van der Waals surface area contributed by atoms with Crippen molar-refractivity contribution in [2.24, 2.45) is 11.8 Å². The molecular formula is C12H23NO2. The SMILES string of the molecule is CC(C)CN(C=O)CCC1CCOC1C. The van der Waals surface area contributed by atoms with Gasteiger partial charge in [-0.1, -0.05) is 13.8 Å². The Morgan fingerprint density at radius 3 is 2.73 bits per heavy atom. The average molecular weight is 213 g/mol. The van der Waals surface area contributed by atoms with Crippen molar-refractivity contribution in [3.8, 4) is 0 Å². The van der Waals surface area contributed by atoms with E-state index in [0.717, 1.165) is 38.9 Å². The standard InChI is InChI=1S/C12H23NO2/c1-10(2)8-13(9-14)6-4-12-5-7-15-11(12)3/h9-12H,4-8H2,1-3H3. The summed E-state index contributed by atoms with van der Waals surface area (Å²) in [5.74, 6) is 1.19. The minimum absolute atomic E-state index is 0.373. The highest BCUT2D eigenvalue weighted by atomic mass is 16.5. The molecular weight excluding hydrogens is 190 g/mol. The molecule has 0 bridgehead atoms. The number of ether oxygens (including phenoxy) is 1. The minimum atomic E-state index is 0.373. The fourth-order valence-electron chi connectivity index (χ4n) is 2.14. The second-order valence-electron chi connectivity index (χ2n) is 4.91. The molecule has 2 atom stereocenters. The van der Waals surface area contributed by atoms with Gasteiger partial charge in [0.2, 0.25) is 6.41 Å². The van der Waals surface area contributed by atoms with Crippen LogP contribution in [0.15, 0.2) is 0 Å².